The van der Waals surface area contributed by atoms with Gasteiger partial charge >= 0.3 is 0 Å². The van der Waals surface area contributed by atoms with Crippen LogP contribution in [0.15, 0.2) is 51.9 Å². The van der Waals surface area contributed by atoms with E-state index in [1.807, 2.05) is 41.8 Å². The molecule has 0 saturated carbocycles. The number of piperidine rings is 1. The highest BCUT2D eigenvalue weighted by atomic mass is 32.2. The monoisotopic (exact) mass is 481 g/mol. The fraction of sp³-hybridized carbons (Fsp3) is 0.375. The highest BCUT2D eigenvalue weighted by molar-refractivity contribution is 7.89. The molecule has 3 heterocycles. The molecule has 0 spiro atoms. The van der Waals surface area contributed by atoms with Crippen LogP contribution in [0.4, 0.5) is 0 Å². The minimum atomic E-state index is -3.51. The summed E-state index contributed by atoms with van der Waals surface area (Å²) in [5, 5.41) is 3.92. The molecule has 0 aliphatic carbocycles. The minimum absolute atomic E-state index is 0.261. The van der Waals surface area contributed by atoms with Crippen molar-refractivity contribution in [1.82, 2.24) is 24.0 Å². The third-order valence-electron chi connectivity index (χ3n) is 6.08. The molecule has 0 bridgehead atoms. The highest BCUT2D eigenvalue weighted by Crippen LogP contribution is 2.26. The average Bonchev–Trinajstić information content (AvgIpc) is 3.46. The van der Waals surface area contributed by atoms with Gasteiger partial charge in [-0.05, 0) is 62.2 Å². The van der Waals surface area contributed by atoms with Gasteiger partial charge in [0.25, 0.3) is 0 Å². The van der Waals surface area contributed by atoms with Gasteiger partial charge in [-0.1, -0.05) is 11.6 Å². The Labute approximate surface area is 198 Å². The van der Waals surface area contributed by atoms with Gasteiger partial charge in [-0.2, -0.15) is 9.29 Å². The number of aryl methyl sites for hydroxylation is 2. The largest absolute Gasteiger partial charge is 0.486 e. The molecule has 0 radical (unpaired) electrons. The Hall–Kier alpha value is -3.24. The van der Waals surface area contributed by atoms with Crippen molar-refractivity contribution in [2.24, 2.45) is 0 Å². The van der Waals surface area contributed by atoms with Crippen molar-refractivity contribution >= 4 is 21.1 Å². The summed E-state index contributed by atoms with van der Waals surface area (Å²) in [6.45, 7) is 5.90. The van der Waals surface area contributed by atoms with Crippen LogP contribution in [0.25, 0.3) is 22.4 Å². The van der Waals surface area contributed by atoms with E-state index < -0.39 is 10.0 Å². The number of ether oxygens (including phenoxy) is 1. The zero-order valence-corrected chi connectivity index (χ0v) is 20.1. The molecular weight excluding hydrogens is 454 g/mol. The summed E-state index contributed by atoms with van der Waals surface area (Å²) in [5.41, 5.74) is 2.38. The lowest BCUT2D eigenvalue weighted by molar-refractivity contribution is 0.291. The van der Waals surface area contributed by atoms with Gasteiger partial charge in [0.15, 0.2) is 0 Å². The molecule has 5 rings (SSSR count). The van der Waals surface area contributed by atoms with E-state index >= 15 is 0 Å². The third kappa shape index (κ3) is 4.30. The SMILES string of the molecule is CCn1c(COc2ccc(-c3noc(C)n3)cc2)nc2cc(S(=O)(=O)N3CCCCC3)ccc21. The number of rotatable bonds is 7. The smallest absolute Gasteiger partial charge is 0.243 e. The van der Waals surface area contributed by atoms with E-state index in [1.54, 1.807) is 23.4 Å². The minimum Gasteiger partial charge on any atom is -0.486 e. The number of hydrogen-bond acceptors (Lipinski definition) is 7. The van der Waals surface area contributed by atoms with Crippen LogP contribution in [-0.4, -0.2) is 45.5 Å². The number of imidazole rings is 1. The van der Waals surface area contributed by atoms with Gasteiger partial charge in [-0.25, -0.2) is 13.4 Å². The second-order valence-electron chi connectivity index (χ2n) is 8.34. The van der Waals surface area contributed by atoms with Crippen LogP contribution in [0.1, 0.15) is 37.9 Å². The van der Waals surface area contributed by atoms with E-state index in [0.29, 0.717) is 47.5 Å². The molecule has 0 unspecified atom stereocenters. The fourth-order valence-electron chi connectivity index (χ4n) is 4.30. The summed E-state index contributed by atoms with van der Waals surface area (Å²) in [6, 6.07) is 12.7. The Morgan fingerprint density at radius 2 is 1.79 bits per heavy atom. The van der Waals surface area contributed by atoms with Crippen LogP contribution < -0.4 is 4.74 Å². The van der Waals surface area contributed by atoms with E-state index in [9.17, 15) is 8.42 Å². The highest BCUT2D eigenvalue weighted by Gasteiger charge is 2.26. The van der Waals surface area contributed by atoms with Crippen LogP contribution >= 0.6 is 0 Å². The summed E-state index contributed by atoms with van der Waals surface area (Å²) in [6.07, 6.45) is 2.89. The first-order valence-corrected chi connectivity index (χ1v) is 12.9. The van der Waals surface area contributed by atoms with Crippen molar-refractivity contribution in [3.8, 4) is 17.1 Å². The predicted molar refractivity (Wildman–Crippen MR) is 127 cm³/mol. The number of sulfonamides is 1. The van der Waals surface area contributed by atoms with E-state index in [1.165, 1.54) is 0 Å². The van der Waals surface area contributed by atoms with Crippen molar-refractivity contribution in [2.75, 3.05) is 13.1 Å². The number of fused-ring (bicyclic) bond motifs is 1. The first kappa shape index (κ1) is 22.5. The van der Waals surface area contributed by atoms with Gasteiger partial charge in [0.2, 0.25) is 21.7 Å². The molecule has 9 nitrogen and oxygen atoms in total. The lowest BCUT2D eigenvalue weighted by Gasteiger charge is -2.25. The molecular formula is C24H27N5O4S. The molecule has 178 valence electrons. The topological polar surface area (TPSA) is 103 Å². The molecule has 2 aromatic carbocycles. The van der Waals surface area contributed by atoms with E-state index in [-0.39, 0.29) is 6.61 Å². The van der Waals surface area contributed by atoms with Gasteiger partial charge in [0, 0.05) is 32.1 Å². The maximum absolute atomic E-state index is 13.1. The van der Waals surface area contributed by atoms with Crippen LogP contribution in [0.2, 0.25) is 0 Å². The standard InChI is InChI=1S/C24H27N5O4S/c1-3-29-22-12-11-20(34(30,31)28-13-5-4-6-14-28)15-21(22)26-23(29)16-32-19-9-7-18(8-10-19)24-25-17(2)33-27-24/h7-12,15H,3-6,13-14,16H2,1-2H3. The molecule has 1 fully saturated rings. The van der Waals surface area contributed by atoms with E-state index in [4.69, 9.17) is 14.2 Å². The van der Waals surface area contributed by atoms with Gasteiger partial charge in [-0.15, -0.1) is 0 Å². The Morgan fingerprint density at radius 1 is 1.03 bits per heavy atom. The van der Waals surface area contributed by atoms with Crippen molar-refractivity contribution in [2.45, 2.75) is 51.2 Å². The molecule has 4 aromatic rings. The summed E-state index contributed by atoms with van der Waals surface area (Å²) >= 11 is 0. The second-order valence-corrected chi connectivity index (χ2v) is 10.3. The first-order valence-electron chi connectivity index (χ1n) is 11.5. The summed E-state index contributed by atoms with van der Waals surface area (Å²) in [7, 11) is -3.51. The van der Waals surface area contributed by atoms with Gasteiger partial charge in [0.1, 0.15) is 18.2 Å². The van der Waals surface area contributed by atoms with Crippen LogP contribution in [0, 0.1) is 6.92 Å². The Morgan fingerprint density at radius 3 is 2.47 bits per heavy atom. The van der Waals surface area contributed by atoms with Crippen LogP contribution in [-0.2, 0) is 23.2 Å². The number of nitrogens with zero attached hydrogens (tertiary/aromatic N) is 5. The van der Waals surface area contributed by atoms with Crippen molar-refractivity contribution in [1.29, 1.82) is 0 Å². The molecule has 0 N–H and O–H groups in total. The predicted octanol–water partition coefficient (Wildman–Crippen LogP) is 4.17. The average molecular weight is 482 g/mol. The summed E-state index contributed by atoms with van der Waals surface area (Å²) < 4.78 is 40.8. The maximum Gasteiger partial charge on any atom is 0.243 e. The molecule has 1 aliphatic heterocycles. The number of benzene rings is 2. The quantitative estimate of drug-likeness (QED) is 0.390. The normalized spacial score (nSPS) is 15.1. The van der Waals surface area contributed by atoms with Crippen molar-refractivity contribution in [3.05, 3.63) is 54.2 Å². The lowest BCUT2D eigenvalue weighted by Crippen LogP contribution is -2.35. The Balaban J connectivity index is 1.36. The second kappa shape index (κ2) is 9.19. The van der Waals surface area contributed by atoms with E-state index in [2.05, 4.69) is 10.1 Å². The van der Waals surface area contributed by atoms with Gasteiger partial charge in [-0.3, -0.25) is 0 Å². The zero-order valence-electron chi connectivity index (χ0n) is 19.3. The van der Waals surface area contributed by atoms with Gasteiger partial charge in [0.05, 0.1) is 15.9 Å². The Bertz CT molecular complexity index is 1400. The molecule has 2 aromatic heterocycles. The van der Waals surface area contributed by atoms with Gasteiger partial charge < -0.3 is 13.8 Å². The zero-order chi connectivity index (χ0) is 23.7. The van der Waals surface area contributed by atoms with Crippen LogP contribution in [0.5, 0.6) is 5.75 Å². The lowest BCUT2D eigenvalue weighted by atomic mass is 10.2. The maximum atomic E-state index is 13.1. The molecule has 1 aliphatic rings. The Kier molecular flexibility index (Phi) is 6.09. The molecule has 0 atom stereocenters. The summed E-state index contributed by atoms with van der Waals surface area (Å²) in [5.74, 6) is 2.47. The number of hydrogen-bond donors (Lipinski definition) is 0. The third-order valence-corrected chi connectivity index (χ3v) is 7.97. The van der Waals surface area contributed by atoms with Crippen molar-refractivity contribution in [3.63, 3.8) is 0 Å². The molecule has 0 amide bonds. The fourth-order valence-corrected chi connectivity index (χ4v) is 5.84. The molecule has 34 heavy (non-hydrogen) atoms. The summed E-state index contributed by atoms with van der Waals surface area (Å²) in [4.78, 5) is 9.23. The van der Waals surface area contributed by atoms with Crippen molar-refractivity contribution < 1.29 is 17.7 Å². The molecule has 1 saturated heterocycles. The van der Waals surface area contributed by atoms with E-state index in [0.717, 1.165) is 36.2 Å². The first-order chi connectivity index (χ1) is 16.5. The van der Waals surface area contributed by atoms with Crippen LogP contribution in [0.3, 0.4) is 0 Å². The molecule has 10 heteroatoms. The number of aromatic nitrogens is 4.